The Morgan fingerprint density at radius 3 is 1.76 bits per heavy atom. The third kappa shape index (κ3) is 6.41. The number of hydrogen-bond donors (Lipinski definition) is 3. The first-order valence-corrected chi connectivity index (χ1v) is 13.3. The van der Waals surface area contributed by atoms with Gasteiger partial charge in [0.15, 0.2) is 0 Å². The molecule has 7 heteroatoms. The van der Waals surface area contributed by atoms with Gasteiger partial charge in [-0.1, -0.05) is 0 Å². The molecule has 0 aromatic heterocycles. The summed E-state index contributed by atoms with van der Waals surface area (Å²) in [5.41, 5.74) is 5.37. The molecule has 0 radical (unpaired) electrons. The van der Waals surface area contributed by atoms with Crippen molar-refractivity contribution in [2.24, 2.45) is 5.73 Å². The van der Waals surface area contributed by atoms with E-state index in [0.717, 1.165) is 6.16 Å². The number of nitrogens with zero attached hydrogens (tertiary/aromatic N) is 1. The number of carbonyl (C=O) groups is 1. The Balaban J connectivity index is 1.71. The first kappa shape index (κ1) is 24.4. The molecule has 174 valence electrons. The van der Waals surface area contributed by atoms with Crippen LogP contribution < -0.4 is 27.0 Å². The summed E-state index contributed by atoms with van der Waals surface area (Å²) in [6, 6.07) is 32.2. The van der Waals surface area contributed by atoms with Crippen LogP contribution in [0.2, 0.25) is 0 Å². The van der Waals surface area contributed by atoms with Gasteiger partial charge >= 0.3 is 196 Å². The second-order valence-electron chi connectivity index (χ2n) is 7.96. The molecule has 3 rings (SSSR count). The molecule has 0 heterocycles. The van der Waals surface area contributed by atoms with Gasteiger partial charge < -0.3 is 0 Å². The molecule has 4 N–H and O–H groups in total. The van der Waals surface area contributed by atoms with Gasteiger partial charge in [0.1, 0.15) is 0 Å². The standard InChI is InChI=1S/C26H33N4O2P/c1-30(26(27)28)21-25(31)29-17-18-32-19-20-33(22-11-5-2-6-12-22,23-13-7-3-8-14-23)24-15-9-4-10-16-24/h2-16,33H,17-21H2,1H3,(H3,27,28)(H,29,31). The zero-order valence-corrected chi connectivity index (χ0v) is 20.0. The maximum atomic E-state index is 12.0. The molecule has 0 saturated carbocycles. The van der Waals surface area contributed by atoms with Gasteiger partial charge in [0.2, 0.25) is 0 Å². The summed E-state index contributed by atoms with van der Waals surface area (Å²) in [5, 5.41) is 14.2. The van der Waals surface area contributed by atoms with E-state index in [9.17, 15) is 4.79 Å². The van der Waals surface area contributed by atoms with Crippen molar-refractivity contribution >= 4 is 35.0 Å². The molecule has 0 aliphatic rings. The van der Waals surface area contributed by atoms with Crippen molar-refractivity contribution in [1.82, 2.24) is 10.2 Å². The molecule has 33 heavy (non-hydrogen) atoms. The Morgan fingerprint density at radius 2 is 1.33 bits per heavy atom. The van der Waals surface area contributed by atoms with Crippen molar-refractivity contribution in [3.05, 3.63) is 91.0 Å². The second kappa shape index (κ2) is 12.1. The second-order valence-corrected chi connectivity index (χ2v) is 12.0. The topological polar surface area (TPSA) is 91.4 Å². The number of amides is 1. The summed E-state index contributed by atoms with van der Waals surface area (Å²) < 4.78 is 6.00. The van der Waals surface area contributed by atoms with E-state index in [1.165, 1.54) is 20.8 Å². The Kier molecular flexibility index (Phi) is 8.99. The molecule has 0 bridgehead atoms. The number of guanidine groups is 1. The zero-order chi connectivity index (χ0) is 23.5. The molecule has 0 fully saturated rings. The van der Waals surface area contributed by atoms with Crippen LogP contribution in [-0.4, -0.2) is 56.3 Å². The summed E-state index contributed by atoms with van der Waals surface area (Å²) in [6.45, 7) is 1.50. The fourth-order valence-corrected chi connectivity index (χ4v) is 8.65. The monoisotopic (exact) mass is 464 g/mol. The molecular formula is C26H33N4O2P. The molecule has 0 atom stereocenters. The third-order valence-corrected chi connectivity index (χ3v) is 10.7. The summed E-state index contributed by atoms with van der Waals surface area (Å²) in [7, 11) is -0.686. The number of benzene rings is 3. The average molecular weight is 465 g/mol. The van der Waals surface area contributed by atoms with Crippen molar-refractivity contribution in [3.8, 4) is 0 Å². The number of rotatable bonds is 11. The average Bonchev–Trinajstić information content (AvgIpc) is 2.85. The van der Waals surface area contributed by atoms with Crippen LogP contribution >= 0.6 is 7.26 Å². The van der Waals surface area contributed by atoms with Crippen molar-refractivity contribution in [1.29, 1.82) is 5.41 Å². The Labute approximate surface area is 196 Å². The normalized spacial score (nSPS) is 11.5. The quantitative estimate of drug-likeness (QED) is 0.174. The van der Waals surface area contributed by atoms with Crippen LogP contribution in [0.4, 0.5) is 0 Å². The fourth-order valence-electron chi connectivity index (χ4n) is 4.05. The van der Waals surface area contributed by atoms with Crippen molar-refractivity contribution in [2.75, 3.05) is 39.5 Å². The van der Waals surface area contributed by atoms with Gasteiger partial charge in [-0.2, -0.15) is 0 Å². The van der Waals surface area contributed by atoms with Gasteiger partial charge in [-0.25, -0.2) is 0 Å². The molecule has 6 nitrogen and oxygen atoms in total. The summed E-state index contributed by atoms with van der Waals surface area (Å²) >= 11 is 0. The Bertz CT molecular complexity index is 920. The number of ether oxygens (including phenoxy) is 1. The van der Waals surface area contributed by atoms with E-state index in [1.807, 2.05) is 0 Å². The molecular weight excluding hydrogens is 431 g/mol. The molecule has 3 aromatic rings. The number of likely N-dealkylation sites (N-methyl/N-ethyl adjacent to an activating group) is 1. The van der Waals surface area contributed by atoms with Crippen molar-refractivity contribution in [3.63, 3.8) is 0 Å². The predicted molar refractivity (Wildman–Crippen MR) is 140 cm³/mol. The number of carbonyl (C=O) groups excluding carboxylic acids is 1. The summed E-state index contributed by atoms with van der Waals surface area (Å²) in [6.07, 6.45) is 0.895. The van der Waals surface area contributed by atoms with E-state index in [-0.39, 0.29) is 18.4 Å². The van der Waals surface area contributed by atoms with Gasteiger partial charge in [0.25, 0.3) is 0 Å². The van der Waals surface area contributed by atoms with Crippen LogP contribution in [0.5, 0.6) is 0 Å². The summed E-state index contributed by atoms with van der Waals surface area (Å²) in [4.78, 5) is 13.3. The predicted octanol–water partition coefficient (Wildman–Crippen LogP) is 1.67. The van der Waals surface area contributed by atoms with Crippen LogP contribution in [-0.2, 0) is 9.53 Å². The molecule has 0 aliphatic heterocycles. The SMILES string of the molecule is CN(CC(=O)NCCOCC[PH](c1ccccc1)(c1ccccc1)c1ccccc1)C(=N)N. The Morgan fingerprint density at radius 1 is 0.879 bits per heavy atom. The minimum atomic E-state index is -2.30. The molecule has 3 aromatic carbocycles. The van der Waals surface area contributed by atoms with E-state index < -0.39 is 7.26 Å². The van der Waals surface area contributed by atoms with Crippen LogP contribution in [0, 0.1) is 5.41 Å². The molecule has 0 unspecified atom stereocenters. The zero-order valence-electron chi connectivity index (χ0n) is 19.0. The van der Waals surface area contributed by atoms with Gasteiger partial charge in [0, 0.05) is 0 Å². The molecule has 0 spiro atoms. The minimum absolute atomic E-state index is 0.0569. The van der Waals surface area contributed by atoms with E-state index in [1.54, 1.807) is 7.05 Å². The number of nitrogens with one attached hydrogen (secondary N) is 2. The maximum absolute atomic E-state index is 12.0. The fraction of sp³-hybridized carbons (Fsp3) is 0.231. The van der Waals surface area contributed by atoms with Crippen LogP contribution in [0.25, 0.3) is 0 Å². The third-order valence-electron chi connectivity index (χ3n) is 5.78. The van der Waals surface area contributed by atoms with Crippen LogP contribution in [0.15, 0.2) is 91.0 Å². The first-order chi connectivity index (χ1) is 16.0. The van der Waals surface area contributed by atoms with Crippen LogP contribution in [0.3, 0.4) is 0 Å². The van der Waals surface area contributed by atoms with Gasteiger partial charge in [-0.05, 0) is 0 Å². The first-order valence-electron chi connectivity index (χ1n) is 11.1. The van der Waals surface area contributed by atoms with E-state index >= 15 is 0 Å². The number of nitrogens with two attached hydrogens (primary N) is 1. The van der Waals surface area contributed by atoms with E-state index in [4.69, 9.17) is 15.9 Å². The Hall–Kier alpha value is -3.21. The van der Waals surface area contributed by atoms with Gasteiger partial charge in [-0.15, -0.1) is 0 Å². The van der Waals surface area contributed by atoms with E-state index in [2.05, 4.69) is 96.3 Å². The van der Waals surface area contributed by atoms with Crippen molar-refractivity contribution < 1.29 is 9.53 Å². The molecule has 0 saturated heterocycles. The number of hydrogen-bond acceptors (Lipinski definition) is 3. The van der Waals surface area contributed by atoms with E-state index in [0.29, 0.717) is 19.8 Å². The van der Waals surface area contributed by atoms with Gasteiger partial charge in [0.05, 0.1) is 0 Å². The van der Waals surface area contributed by atoms with Gasteiger partial charge in [-0.3, -0.25) is 0 Å². The molecule has 0 aliphatic carbocycles. The molecule has 1 amide bonds. The summed E-state index contributed by atoms with van der Waals surface area (Å²) in [5.74, 6) is -0.316. The van der Waals surface area contributed by atoms with Crippen molar-refractivity contribution in [2.45, 2.75) is 0 Å². The van der Waals surface area contributed by atoms with Crippen LogP contribution in [0.1, 0.15) is 0 Å².